The molecule has 118 valence electrons. The van der Waals surface area contributed by atoms with Crippen molar-refractivity contribution in [2.45, 2.75) is 19.0 Å². The summed E-state index contributed by atoms with van der Waals surface area (Å²) in [4.78, 5) is 16.7. The van der Waals surface area contributed by atoms with Crippen LogP contribution in [0, 0.1) is 5.92 Å². The molecule has 2 aromatic rings. The molecule has 1 aliphatic rings. The Bertz CT molecular complexity index is 710. The van der Waals surface area contributed by atoms with Gasteiger partial charge < -0.3 is 9.88 Å². The second-order valence-electron chi connectivity index (χ2n) is 5.55. The average molecular weight is 375 g/mol. The molecule has 1 saturated heterocycles. The van der Waals surface area contributed by atoms with Crippen molar-refractivity contribution in [3.05, 3.63) is 34.4 Å². The zero-order chi connectivity index (χ0) is 15.9. The number of benzene rings is 1. The minimum absolute atomic E-state index is 0.0902. The molecule has 2 heterocycles. The molecule has 1 aromatic heterocycles. The van der Waals surface area contributed by atoms with Gasteiger partial charge in [0.2, 0.25) is 0 Å². The van der Waals surface area contributed by atoms with Gasteiger partial charge in [-0.05, 0) is 37.1 Å². The van der Waals surface area contributed by atoms with E-state index in [-0.39, 0.29) is 18.9 Å². The van der Waals surface area contributed by atoms with Crippen molar-refractivity contribution >= 4 is 32.7 Å². The molecule has 1 amide bonds. The number of aromatic amines is 1. The molecule has 0 aliphatic carbocycles. The number of alkyl halides is 3. The van der Waals surface area contributed by atoms with Crippen LogP contribution in [0.25, 0.3) is 10.9 Å². The normalized spacial score (nSPS) is 19.6. The van der Waals surface area contributed by atoms with Crippen molar-refractivity contribution in [1.82, 2.24) is 9.88 Å². The van der Waals surface area contributed by atoms with Crippen LogP contribution >= 0.6 is 15.9 Å². The zero-order valence-electron chi connectivity index (χ0n) is 11.6. The van der Waals surface area contributed by atoms with Gasteiger partial charge in [-0.25, -0.2) is 0 Å². The quantitative estimate of drug-likeness (QED) is 0.791. The van der Waals surface area contributed by atoms with E-state index in [0.29, 0.717) is 18.7 Å². The number of fused-ring (bicyclic) bond motifs is 1. The predicted octanol–water partition coefficient (Wildman–Crippen LogP) is 4.34. The molecular formula is C15H14BrF3N2O. The minimum atomic E-state index is -4.25. The average Bonchev–Trinajstić information content (AvgIpc) is 2.88. The highest BCUT2D eigenvalue weighted by atomic mass is 79.9. The molecule has 7 heteroatoms. The smallest absolute Gasteiger partial charge is 0.351 e. The van der Waals surface area contributed by atoms with E-state index in [9.17, 15) is 18.0 Å². The Morgan fingerprint density at radius 3 is 2.82 bits per heavy atom. The predicted molar refractivity (Wildman–Crippen MR) is 80.7 cm³/mol. The number of hydrogen-bond donors (Lipinski definition) is 1. The molecule has 1 unspecified atom stereocenters. The fourth-order valence-electron chi connectivity index (χ4n) is 2.82. The van der Waals surface area contributed by atoms with E-state index in [4.69, 9.17) is 0 Å². The second kappa shape index (κ2) is 5.61. The Morgan fingerprint density at radius 2 is 2.09 bits per heavy atom. The first-order valence-corrected chi connectivity index (χ1v) is 7.78. The van der Waals surface area contributed by atoms with Crippen LogP contribution in [0.4, 0.5) is 13.2 Å². The minimum Gasteiger partial charge on any atom is -0.351 e. The SMILES string of the molecule is O=C(c1cc2cc(Br)ccc2[nH]1)N1CCCC(C(F)(F)F)C1. The van der Waals surface area contributed by atoms with Crippen LogP contribution in [0.1, 0.15) is 23.3 Å². The Balaban J connectivity index is 1.82. The molecule has 1 aliphatic heterocycles. The van der Waals surface area contributed by atoms with Crippen LogP contribution in [0.5, 0.6) is 0 Å². The fourth-order valence-corrected chi connectivity index (χ4v) is 3.20. The van der Waals surface area contributed by atoms with Crippen molar-refractivity contribution in [1.29, 1.82) is 0 Å². The molecule has 0 spiro atoms. The number of aromatic nitrogens is 1. The van der Waals surface area contributed by atoms with Crippen molar-refractivity contribution in [2.24, 2.45) is 5.92 Å². The van der Waals surface area contributed by atoms with Crippen molar-refractivity contribution < 1.29 is 18.0 Å². The number of likely N-dealkylation sites (tertiary alicyclic amines) is 1. The van der Waals surface area contributed by atoms with Crippen molar-refractivity contribution in [3.8, 4) is 0 Å². The number of carbonyl (C=O) groups is 1. The summed E-state index contributed by atoms with van der Waals surface area (Å²) in [6.45, 7) is 0.103. The molecule has 1 N–H and O–H groups in total. The molecule has 1 atom stereocenters. The van der Waals surface area contributed by atoms with Gasteiger partial charge in [-0.2, -0.15) is 13.2 Å². The van der Waals surface area contributed by atoms with E-state index in [1.807, 2.05) is 18.2 Å². The van der Waals surface area contributed by atoms with E-state index >= 15 is 0 Å². The number of halogens is 4. The Labute approximate surface area is 133 Å². The Kier molecular flexibility index (Phi) is 3.92. The fraction of sp³-hybridized carbons (Fsp3) is 0.400. The summed E-state index contributed by atoms with van der Waals surface area (Å²) in [5.41, 5.74) is 1.12. The van der Waals surface area contributed by atoms with Gasteiger partial charge in [0.25, 0.3) is 5.91 Å². The summed E-state index contributed by atoms with van der Waals surface area (Å²) in [7, 11) is 0. The lowest BCUT2D eigenvalue weighted by Gasteiger charge is -2.33. The number of amides is 1. The zero-order valence-corrected chi connectivity index (χ0v) is 13.2. The van der Waals surface area contributed by atoms with Crippen LogP contribution in [0.2, 0.25) is 0 Å². The molecular weight excluding hydrogens is 361 g/mol. The van der Waals surface area contributed by atoms with Crippen LogP contribution in [-0.4, -0.2) is 35.1 Å². The summed E-state index contributed by atoms with van der Waals surface area (Å²) in [5.74, 6) is -1.80. The number of carbonyl (C=O) groups excluding carboxylic acids is 1. The van der Waals surface area contributed by atoms with Crippen LogP contribution in [-0.2, 0) is 0 Å². The van der Waals surface area contributed by atoms with Crippen LogP contribution in [0.3, 0.4) is 0 Å². The van der Waals surface area contributed by atoms with E-state index in [1.54, 1.807) is 6.07 Å². The Morgan fingerprint density at radius 1 is 1.32 bits per heavy atom. The van der Waals surface area contributed by atoms with E-state index in [2.05, 4.69) is 20.9 Å². The number of H-pyrrole nitrogens is 1. The van der Waals surface area contributed by atoms with Crippen LogP contribution in [0.15, 0.2) is 28.7 Å². The third kappa shape index (κ3) is 2.99. The topological polar surface area (TPSA) is 36.1 Å². The van der Waals surface area contributed by atoms with Gasteiger partial charge in [0.05, 0.1) is 5.92 Å². The lowest BCUT2D eigenvalue weighted by Crippen LogP contribution is -2.44. The maximum Gasteiger partial charge on any atom is 0.393 e. The lowest BCUT2D eigenvalue weighted by molar-refractivity contribution is -0.184. The molecule has 0 saturated carbocycles. The highest BCUT2D eigenvalue weighted by Gasteiger charge is 2.42. The summed E-state index contributed by atoms with van der Waals surface area (Å²) in [6.07, 6.45) is -3.78. The third-order valence-electron chi connectivity index (χ3n) is 3.98. The summed E-state index contributed by atoms with van der Waals surface area (Å²) < 4.78 is 39.4. The van der Waals surface area contributed by atoms with Gasteiger partial charge in [-0.15, -0.1) is 0 Å². The Hall–Kier alpha value is -1.50. The standard InChI is InChI=1S/C15H14BrF3N2O/c16-11-3-4-12-9(6-11)7-13(20-12)14(22)21-5-1-2-10(8-21)15(17,18)19/h3-4,6-7,10,20H,1-2,5,8H2. The third-order valence-corrected chi connectivity index (χ3v) is 4.48. The van der Waals surface area contributed by atoms with E-state index in [1.165, 1.54) is 4.90 Å². The van der Waals surface area contributed by atoms with Gasteiger partial charge in [0, 0.05) is 28.5 Å². The maximum absolute atomic E-state index is 12.8. The first-order valence-electron chi connectivity index (χ1n) is 6.99. The number of nitrogens with zero attached hydrogens (tertiary/aromatic N) is 1. The van der Waals surface area contributed by atoms with Gasteiger partial charge in [-0.3, -0.25) is 4.79 Å². The van der Waals surface area contributed by atoms with Gasteiger partial charge in [-0.1, -0.05) is 15.9 Å². The van der Waals surface area contributed by atoms with Crippen LogP contribution < -0.4 is 0 Å². The lowest BCUT2D eigenvalue weighted by atomic mass is 9.97. The highest BCUT2D eigenvalue weighted by Crippen LogP contribution is 2.33. The molecule has 3 rings (SSSR count). The van der Waals surface area contributed by atoms with Crippen molar-refractivity contribution in [2.75, 3.05) is 13.1 Å². The number of piperidine rings is 1. The molecule has 1 aromatic carbocycles. The van der Waals surface area contributed by atoms with E-state index < -0.39 is 12.1 Å². The molecule has 3 nitrogen and oxygen atoms in total. The maximum atomic E-state index is 12.8. The summed E-state index contributed by atoms with van der Waals surface area (Å²) in [6, 6.07) is 7.20. The first-order chi connectivity index (χ1) is 10.3. The second-order valence-corrected chi connectivity index (χ2v) is 6.46. The monoisotopic (exact) mass is 374 g/mol. The van der Waals surface area contributed by atoms with Gasteiger partial charge in [0.15, 0.2) is 0 Å². The number of nitrogens with one attached hydrogen (secondary N) is 1. The summed E-state index contributed by atoms with van der Waals surface area (Å²) >= 11 is 3.35. The number of hydrogen-bond acceptors (Lipinski definition) is 1. The summed E-state index contributed by atoms with van der Waals surface area (Å²) in [5, 5.41) is 0.849. The first kappa shape index (κ1) is 15.4. The van der Waals surface area contributed by atoms with Gasteiger partial charge in [0.1, 0.15) is 5.69 Å². The molecule has 0 radical (unpaired) electrons. The van der Waals surface area contributed by atoms with Crippen molar-refractivity contribution in [3.63, 3.8) is 0 Å². The molecule has 1 fully saturated rings. The largest absolute Gasteiger partial charge is 0.393 e. The molecule has 0 bridgehead atoms. The highest BCUT2D eigenvalue weighted by molar-refractivity contribution is 9.10. The molecule has 22 heavy (non-hydrogen) atoms. The van der Waals surface area contributed by atoms with E-state index in [0.717, 1.165) is 15.4 Å². The number of rotatable bonds is 1. The van der Waals surface area contributed by atoms with Gasteiger partial charge >= 0.3 is 6.18 Å².